The largest absolute Gasteiger partial charge is 0.480 e. The summed E-state index contributed by atoms with van der Waals surface area (Å²) >= 11 is 0. The van der Waals surface area contributed by atoms with Gasteiger partial charge in [-0.2, -0.15) is 0 Å². The maximum Gasteiger partial charge on any atom is 0.339 e. The zero-order valence-corrected chi connectivity index (χ0v) is 10.0. The van der Waals surface area contributed by atoms with E-state index < -0.39 is 25.9 Å². The summed E-state index contributed by atoms with van der Waals surface area (Å²) in [5.41, 5.74) is 0.523. The summed E-state index contributed by atoms with van der Waals surface area (Å²) in [5.74, 6) is -1.15. The lowest BCUT2D eigenvalue weighted by Gasteiger charge is -2.24. The van der Waals surface area contributed by atoms with E-state index in [2.05, 4.69) is 9.97 Å². The van der Waals surface area contributed by atoms with Crippen LogP contribution in [0.2, 0.25) is 0 Å². The lowest BCUT2D eigenvalue weighted by Crippen LogP contribution is -2.40. The Kier molecular flexibility index (Phi) is 4.41. The maximum absolute atomic E-state index is 11.0. The number of rotatable bonds is 6. The van der Waals surface area contributed by atoms with Crippen LogP contribution in [0.5, 0.6) is 0 Å². The fourth-order valence-electron chi connectivity index (χ4n) is 1.42. The van der Waals surface area contributed by atoms with Crippen molar-refractivity contribution in [2.75, 3.05) is 13.3 Å². The highest BCUT2D eigenvalue weighted by Crippen LogP contribution is 2.35. The molecule has 0 saturated heterocycles. The Hall–Kier alpha value is -1.21. The van der Waals surface area contributed by atoms with Gasteiger partial charge in [0.05, 0.1) is 12.0 Å². The number of H-pyrrole nitrogens is 1. The van der Waals surface area contributed by atoms with Gasteiger partial charge in [-0.1, -0.05) is 0 Å². The van der Waals surface area contributed by atoms with Gasteiger partial charge in [-0.05, 0) is 7.05 Å². The van der Waals surface area contributed by atoms with Gasteiger partial charge in [0.15, 0.2) is 0 Å². The monoisotopic (exact) mass is 263 g/mol. The zero-order valence-electron chi connectivity index (χ0n) is 9.15. The number of carbonyl (C=O) groups is 1. The van der Waals surface area contributed by atoms with Crippen LogP contribution < -0.4 is 0 Å². The summed E-state index contributed by atoms with van der Waals surface area (Å²) in [6.07, 6.45) is 2.43. The van der Waals surface area contributed by atoms with Gasteiger partial charge in [0.25, 0.3) is 0 Å². The normalized spacial score (nSPS) is 13.9. The Labute approximate surface area is 97.5 Å². The van der Waals surface area contributed by atoms with Crippen LogP contribution >= 0.6 is 7.60 Å². The molecule has 0 aromatic carbocycles. The van der Waals surface area contributed by atoms with Crippen LogP contribution in [0.1, 0.15) is 5.69 Å². The molecule has 0 radical (unpaired) electrons. The van der Waals surface area contributed by atoms with Crippen LogP contribution in [-0.2, 0) is 15.8 Å². The van der Waals surface area contributed by atoms with Gasteiger partial charge in [0, 0.05) is 12.6 Å². The molecule has 4 N–H and O–H groups in total. The van der Waals surface area contributed by atoms with Gasteiger partial charge in [0.2, 0.25) is 0 Å². The van der Waals surface area contributed by atoms with Crippen molar-refractivity contribution in [1.82, 2.24) is 14.9 Å². The summed E-state index contributed by atoms with van der Waals surface area (Å²) in [6.45, 7) is 0. The first-order chi connectivity index (χ1) is 7.79. The molecule has 1 heterocycles. The third-order valence-electron chi connectivity index (χ3n) is 2.18. The number of hydrogen-bond acceptors (Lipinski definition) is 4. The van der Waals surface area contributed by atoms with E-state index >= 15 is 0 Å². The fraction of sp³-hybridized carbons (Fsp3) is 0.500. The molecule has 0 aliphatic carbocycles. The topological polar surface area (TPSA) is 127 Å². The predicted molar refractivity (Wildman–Crippen MR) is 58.4 cm³/mol. The number of nitrogens with zero attached hydrogens (tertiary/aromatic N) is 2. The number of likely N-dealkylation sites (N-methyl/N-ethyl adjacent to an activating group) is 1. The molecule has 9 heteroatoms. The molecule has 17 heavy (non-hydrogen) atoms. The minimum Gasteiger partial charge on any atom is -0.480 e. The van der Waals surface area contributed by atoms with E-state index in [-0.39, 0.29) is 6.42 Å². The van der Waals surface area contributed by atoms with E-state index in [4.69, 9.17) is 14.9 Å². The molecule has 0 fully saturated rings. The first-order valence-electron chi connectivity index (χ1n) is 4.75. The van der Waals surface area contributed by atoms with Gasteiger partial charge in [-0.3, -0.25) is 14.3 Å². The highest BCUT2D eigenvalue weighted by Gasteiger charge is 2.28. The number of hydrogen-bond donors (Lipinski definition) is 4. The van der Waals surface area contributed by atoms with Crippen LogP contribution in [0, 0.1) is 0 Å². The van der Waals surface area contributed by atoms with Crippen LogP contribution in [0.25, 0.3) is 0 Å². The van der Waals surface area contributed by atoms with Gasteiger partial charge < -0.3 is 19.9 Å². The van der Waals surface area contributed by atoms with Crippen molar-refractivity contribution in [3.8, 4) is 0 Å². The first kappa shape index (κ1) is 13.9. The molecular weight excluding hydrogens is 249 g/mol. The number of aliphatic carboxylic acids is 1. The number of aromatic amines is 1. The van der Waals surface area contributed by atoms with Crippen LogP contribution in [-0.4, -0.2) is 55.1 Å². The first-order valence-corrected chi connectivity index (χ1v) is 6.54. The van der Waals surface area contributed by atoms with Crippen molar-refractivity contribution in [2.45, 2.75) is 12.5 Å². The van der Waals surface area contributed by atoms with Gasteiger partial charge in [-0.15, -0.1) is 0 Å². The highest BCUT2D eigenvalue weighted by atomic mass is 31.2. The number of aromatic nitrogens is 2. The number of imidazole rings is 1. The van der Waals surface area contributed by atoms with Crippen molar-refractivity contribution in [2.24, 2.45) is 0 Å². The fourth-order valence-corrected chi connectivity index (χ4v) is 2.20. The summed E-state index contributed by atoms with van der Waals surface area (Å²) in [7, 11) is -2.92. The number of carboxylic acid groups (broad SMARTS) is 1. The second kappa shape index (κ2) is 5.42. The maximum atomic E-state index is 11.0. The molecule has 1 atom stereocenters. The second-order valence-corrected chi connectivity index (χ2v) is 5.29. The van der Waals surface area contributed by atoms with E-state index in [1.807, 2.05) is 0 Å². The molecule has 0 aliphatic rings. The lowest BCUT2D eigenvalue weighted by atomic mass is 10.1. The third kappa shape index (κ3) is 4.66. The van der Waals surface area contributed by atoms with Crippen molar-refractivity contribution in [3.63, 3.8) is 0 Å². The lowest BCUT2D eigenvalue weighted by molar-refractivity contribution is -0.142. The molecule has 1 unspecified atom stereocenters. The van der Waals surface area contributed by atoms with E-state index in [9.17, 15) is 9.36 Å². The number of carboxylic acids is 1. The zero-order chi connectivity index (χ0) is 13.1. The molecule has 0 spiro atoms. The van der Waals surface area contributed by atoms with Crippen molar-refractivity contribution in [3.05, 3.63) is 18.2 Å². The van der Waals surface area contributed by atoms with E-state index in [0.29, 0.717) is 5.69 Å². The molecule has 0 aliphatic heterocycles. The second-order valence-electron chi connectivity index (χ2n) is 3.68. The predicted octanol–water partition coefficient (Wildman–Crippen LogP) is -0.528. The quantitative estimate of drug-likeness (QED) is 0.508. The Balaban J connectivity index is 2.72. The van der Waals surface area contributed by atoms with Gasteiger partial charge >= 0.3 is 13.6 Å². The highest BCUT2D eigenvalue weighted by molar-refractivity contribution is 7.51. The summed E-state index contributed by atoms with van der Waals surface area (Å²) in [4.78, 5) is 36.3. The van der Waals surface area contributed by atoms with Gasteiger partial charge in [-0.25, -0.2) is 4.98 Å². The van der Waals surface area contributed by atoms with Gasteiger partial charge in [0.1, 0.15) is 12.3 Å². The molecule has 0 saturated carbocycles. The SMILES string of the molecule is CN(CP(=O)(O)O)C(Cc1c[nH]cn1)C(=O)O. The molecular formula is C8H14N3O5P. The summed E-state index contributed by atoms with van der Waals surface area (Å²) in [5, 5.41) is 9.01. The average Bonchev–Trinajstić information content (AvgIpc) is 2.62. The minimum atomic E-state index is -4.27. The third-order valence-corrected chi connectivity index (χ3v) is 3.00. The van der Waals surface area contributed by atoms with Crippen LogP contribution in [0.15, 0.2) is 12.5 Å². The Bertz CT molecular complexity index is 415. The summed E-state index contributed by atoms with van der Waals surface area (Å²) < 4.78 is 10.8. The molecule has 1 rings (SSSR count). The Morgan fingerprint density at radius 2 is 2.29 bits per heavy atom. The van der Waals surface area contributed by atoms with Crippen LogP contribution in [0.3, 0.4) is 0 Å². The Morgan fingerprint density at radius 1 is 1.65 bits per heavy atom. The van der Waals surface area contributed by atoms with Crippen LogP contribution in [0.4, 0.5) is 0 Å². The number of nitrogens with one attached hydrogen (secondary N) is 1. The van der Waals surface area contributed by atoms with E-state index in [0.717, 1.165) is 4.90 Å². The van der Waals surface area contributed by atoms with E-state index in [1.54, 1.807) is 6.20 Å². The van der Waals surface area contributed by atoms with Crippen molar-refractivity contribution >= 4 is 13.6 Å². The average molecular weight is 263 g/mol. The van der Waals surface area contributed by atoms with E-state index in [1.165, 1.54) is 13.4 Å². The molecule has 8 nitrogen and oxygen atoms in total. The molecule has 1 aromatic heterocycles. The molecule has 1 aromatic rings. The smallest absolute Gasteiger partial charge is 0.339 e. The molecule has 0 amide bonds. The molecule has 96 valence electrons. The minimum absolute atomic E-state index is 0.0787. The standard InChI is InChI=1S/C8H14N3O5P/c1-11(5-17(14,15)16)7(8(12)13)2-6-3-9-4-10-6/h3-4,7H,2,5H2,1H3,(H,9,10)(H,12,13)(H2,14,15,16). The Morgan fingerprint density at radius 3 is 2.71 bits per heavy atom. The van der Waals surface area contributed by atoms with Crippen molar-refractivity contribution in [1.29, 1.82) is 0 Å². The summed E-state index contributed by atoms with van der Waals surface area (Å²) in [6, 6.07) is -1.02. The van der Waals surface area contributed by atoms with Crippen molar-refractivity contribution < 1.29 is 24.3 Å². The molecule has 0 bridgehead atoms.